The van der Waals surface area contributed by atoms with Crippen LogP contribution < -0.4 is 5.32 Å². The van der Waals surface area contributed by atoms with Crippen molar-refractivity contribution in [2.24, 2.45) is 5.41 Å². The van der Waals surface area contributed by atoms with Crippen molar-refractivity contribution in [2.75, 3.05) is 0 Å². The summed E-state index contributed by atoms with van der Waals surface area (Å²) in [5.41, 5.74) is 4.33. The molecule has 0 aromatic heterocycles. The Labute approximate surface area is 181 Å². The smallest absolute Gasteiger partial charge is 0.244 e. The Balaban J connectivity index is 1.92. The summed E-state index contributed by atoms with van der Waals surface area (Å²) in [4.78, 5) is 12.1. The molecule has 0 saturated heterocycles. The Kier molecular flexibility index (Phi) is 8.84. The molecule has 166 valence electrons. The van der Waals surface area contributed by atoms with Gasteiger partial charge in [-0.2, -0.15) is 0 Å². The molecule has 1 amide bonds. The summed E-state index contributed by atoms with van der Waals surface area (Å²) in [6.45, 7) is 10.4. The van der Waals surface area contributed by atoms with Crippen LogP contribution in [-0.2, 0) is 4.79 Å². The van der Waals surface area contributed by atoms with Gasteiger partial charge in [-0.1, -0.05) is 49.8 Å². The van der Waals surface area contributed by atoms with E-state index in [4.69, 9.17) is 0 Å². The van der Waals surface area contributed by atoms with Crippen molar-refractivity contribution in [1.29, 1.82) is 0 Å². The lowest BCUT2D eigenvalue weighted by Crippen LogP contribution is -2.37. The van der Waals surface area contributed by atoms with E-state index in [0.29, 0.717) is 25.7 Å². The molecular weight excluding hydrogens is 377 g/mol. The number of halogens is 1. The molecule has 2 rings (SSSR count). The van der Waals surface area contributed by atoms with Crippen LogP contribution in [0.3, 0.4) is 0 Å². The maximum absolute atomic E-state index is 13.2. The fourth-order valence-corrected chi connectivity index (χ4v) is 4.24. The van der Waals surface area contributed by atoms with Crippen LogP contribution in [-0.4, -0.2) is 29.3 Å². The zero-order valence-corrected chi connectivity index (χ0v) is 19.2. The summed E-state index contributed by atoms with van der Waals surface area (Å²) < 4.78 is 13.2. The van der Waals surface area contributed by atoms with Crippen molar-refractivity contribution in [3.8, 4) is 0 Å². The number of allylic oxidation sites excluding steroid dienone is 8. The molecule has 4 heteroatoms. The molecule has 2 N–H and O–H groups in total. The minimum atomic E-state index is -0.711. The Hall–Kier alpha value is -1.94. The van der Waals surface area contributed by atoms with E-state index in [1.165, 1.54) is 5.57 Å². The molecule has 0 radical (unpaired) electrons. The predicted molar refractivity (Wildman–Crippen MR) is 123 cm³/mol. The molecule has 0 aliphatic heterocycles. The van der Waals surface area contributed by atoms with Gasteiger partial charge in [0.05, 0.1) is 6.10 Å². The molecule has 2 aliphatic carbocycles. The third-order valence-corrected chi connectivity index (χ3v) is 6.29. The first kappa shape index (κ1) is 24.3. The van der Waals surface area contributed by atoms with Gasteiger partial charge in [-0.25, -0.2) is 4.39 Å². The van der Waals surface area contributed by atoms with Crippen LogP contribution in [0, 0.1) is 5.41 Å². The molecule has 1 unspecified atom stereocenters. The molecule has 0 aromatic rings. The number of carbonyl (C=O) groups excluding carboxylic acids is 1. The molecule has 3 nitrogen and oxygen atoms in total. The van der Waals surface area contributed by atoms with E-state index in [9.17, 15) is 14.3 Å². The van der Waals surface area contributed by atoms with Crippen LogP contribution in [0.25, 0.3) is 0 Å². The summed E-state index contributed by atoms with van der Waals surface area (Å²) in [6.07, 6.45) is 14.9. The molecule has 2 aliphatic rings. The highest BCUT2D eigenvalue weighted by molar-refractivity contribution is 5.88. The van der Waals surface area contributed by atoms with Gasteiger partial charge in [0.2, 0.25) is 5.91 Å². The highest BCUT2D eigenvalue weighted by Crippen LogP contribution is 2.41. The van der Waals surface area contributed by atoms with Crippen LogP contribution in [0.15, 0.2) is 58.7 Å². The Bertz CT molecular complexity index is 762. The van der Waals surface area contributed by atoms with Crippen molar-refractivity contribution in [3.05, 3.63) is 58.7 Å². The minimum Gasteiger partial charge on any atom is -0.389 e. The number of hydrogen-bond acceptors (Lipinski definition) is 2. The molecule has 1 fully saturated rings. The lowest BCUT2D eigenvalue weighted by molar-refractivity contribution is -0.117. The first-order valence-corrected chi connectivity index (χ1v) is 11.1. The number of rotatable bonds is 6. The van der Waals surface area contributed by atoms with Gasteiger partial charge in [0.25, 0.3) is 0 Å². The van der Waals surface area contributed by atoms with Gasteiger partial charge in [-0.15, -0.1) is 0 Å². The normalized spacial score (nSPS) is 28.4. The van der Waals surface area contributed by atoms with Crippen LogP contribution in [0.2, 0.25) is 0 Å². The van der Waals surface area contributed by atoms with E-state index in [1.54, 1.807) is 6.08 Å². The molecule has 0 spiro atoms. The second-order valence-electron chi connectivity index (χ2n) is 9.48. The largest absolute Gasteiger partial charge is 0.389 e. The maximum atomic E-state index is 13.2. The van der Waals surface area contributed by atoms with Crippen LogP contribution >= 0.6 is 0 Å². The topological polar surface area (TPSA) is 49.3 Å². The third kappa shape index (κ3) is 7.39. The number of aliphatic hydroxyl groups is 1. The predicted octanol–water partition coefficient (Wildman–Crippen LogP) is 5.89. The number of hydrogen-bond donors (Lipinski definition) is 2. The second-order valence-corrected chi connectivity index (χ2v) is 9.48. The van der Waals surface area contributed by atoms with Gasteiger partial charge in [-0.3, -0.25) is 4.79 Å². The second kappa shape index (κ2) is 10.9. The standard InChI is InChI=1S/C26H38FNO2/c1-18(9-14-23-20(3)24(29)15-16-26(23,4)5)7-6-8-19(2)17-25(30)28-22-12-10-21(27)11-13-22/h6-9,14,17,21-22,24,29H,10-13,15-16H2,1-5H3,(H,28,30)/b8-6+,14-9+,18-7+,19-17+. The number of aliphatic hydroxyl groups excluding tert-OH is 1. The molecule has 0 heterocycles. The zero-order chi connectivity index (χ0) is 22.3. The SMILES string of the molecule is CC1=C(/C=C/C(C)=C/C=C/C(C)=C/C(=O)NC2CCC(F)CC2)C(C)(C)CCC1O. The van der Waals surface area contributed by atoms with Gasteiger partial charge in [0.15, 0.2) is 0 Å². The quantitative estimate of drug-likeness (QED) is 0.420. The molecule has 0 aromatic carbocycles. The summed E-state index contributed by atoms with van der Waals surface area (Å²) in [5.74, 6) is -0.111. The maximum Gasteiger partial charge on any atom is 0.244 e. The van der Waals surface area contributed by atoms with E-state index in [2.05, 4.69) is 31.3 Å². The number of nitrogens with one attached hydrogen (secondary N) is 1. The number of alkyl halides is 1. The monoisotopic (exact) mass is 415 g/mol. The summed E-state index contributed by atoms with van der Waals surface area (Å²) in [7, 11) is 0. The molecule has 0 bridgehead atoms. The minimum absolute atomic E-state index is 0.0755. The Morgan fingerprint density at radius 2 is 1.77 bits per heavy atom. The zero-order valence-electron chi connectivity index (χ0n) is 19.2. The van der Waals surface area contributed by atoms with Gasteiger partial charge < -0.3 is 10.4 Å². The number of amides is 1. The van der Waals surface area contributed by atoms with E-state index in [0.717, 1.165) is 29.6 Å². The van der Waals surface area contributed by atoms with Crippen molar-refractivity contribution < 1.29 is 14.3 Å². The summed E-state index contributed by atoms with van der Waals surface area (Å²) in [6, 6.07) is 0.0881. The average molecular weight is 416 g/mol. The van der Waals surface area contributed by atoms with Crippen LogP contribution in [0.5, 0.6) is 0 Å². The van der Waals surface area contributed by atoms with Crippen molar-refractivity contribution in [1.82, 2.24) is 5.32 Å². The van der Waals surface area contributed by atoms with Crippen LogP contribution in [0.1, 0.15) is 73.1 Å². The van der Waals surface area contributed by atoms with Crippen molar-refractivity contribution >= 4 is 5.91 Å². The first-order chi connectivity index (χ1) is 14.1. The Morgan fingerprint density at radius 1 is 1.10 bits per heavy atom. The summed E-state index contributed by atoms with van der Waals surface area (Å²) >= 11 is 0. The van der Waals surface area contributed by atoms with E-state index in [-0.39, 0.29) is 23.5 Å². The molecule has 1 saturated carbocycles. The molecule has 1 atom stereocenters. The molecular formula is C26H38FNO2. The van der Waals surface area contributed by atoms with Crippen molar-refractivity contribution in [3.63, 3.8) is 0 Å². The average Bonchev–Trinajstić information content (AvgIpc) is 2.66. The van der Waals surface area contributed by atoms with E-state index < -0.39 is 6.17 Å². The van der Waals surface area contributed by atoms with Gasteiger partial charge in [0.1, 0.15) is 6.17 Å². The van der Waals surface area contributed by atoms with Gasteiger partial charge in [0, 0.05) is 12.1 Å². The molecule has 30 heavy (non-hydrogen) atoms. The number of carbonyl (C=O) groups is 1. The van der Waals surface area contributed by atoms with Gasteiger partial charge >= 0.3 is 0 Å². The van der Waals surface area contributed by atoms with Gasteiger partial charge in [-0.05, 0) is 81.4 Å². The summed E-state index contributed by atoms with van der Waals surface area (Å²) in [5, 5.41) is 13.1. The third-order valence-electron chi connectivity index (χ3n) is 6.29. The van der Waals surface area contributed by atoms with E-state index >= 15 is 0 Å². The van der Waals surface area contributed by atoms with Crippen LogP contribution in [0.4, 0.5) is 4.39 Å². The Morgan fingerprint density at radius 3 is 2.43 bits per heavy atom. The fourth-order valence-electron chi connectivity index (χ4n) is 4.24. The lowest BCUT2D eigenvalue weighted by Gasteiger charge is -2.35. The first-order valence-electron chi connectivity index (χ1n) is 11.1. The fraction of sp³-hybridized carbons (Fsp3) is 0.577. The highest BCUT2D eigenvalue weighted by Gasteiger charge is 2.30. The van der Waals surface area contributed by atoms with E-state index in [1.807, 2.05) is 39.0 Å². The lowest BCUT2D eigenvalue weighted by atomic mass is 9.71. The van der Waals surface area contributed by atoms with Crippen molar-refractivity contribution in [2.45, 2.75) is 91.5 Å². The highest BCUT2D eigenvalue weighted by atomic mass is 19.1.